The van der Waals surface area contributed by atoms with Crippen LogP contribution in [-0.4, -0.2) is 38.3 Å². The summed E-state index contributed by atoms with van der Waals surface area (Å²) in [5.74, 6) is 2.36. The van der Waals surface area contributed by atoms with E-state index < -0.39 is 0 Å². The molecule has 2 rings (SSSR count). The first kappa shape index (κ1) is 16.1. The lowest BCUT2D eigenvalue weighted by Gasteiger charge is -2.32. The van der Waals surface area contributed by atoms with Crippen molar-refractivity contribution in [2.75, 3.05) is 27.3 Å². The average molecular weight is 292 g/mol. The van der Waals surface area contributed by atoms with E-state index in [9.17, 15) is 0 Å². The van der Waals surface area contributed by atoms with Crippen molar-refractivity contribution in [3.63, 3.8) is 0 Å². The average Bonchev–Trinajstić information content (AvgIpc) is 3.00. The smallest absolute Gasteiger partial charge is 0.127 e. The SMILES string of the molecule is CCN(Cc1ccc(OC)cc1OC)C1CCCC1CN. The normalized spacial score (nSPS) is 21.8. The molecular formula is C17H28N2O2. The lowest BCUT2D eigenvalue weighted by molar-refractivity contribution is 0.160. The van der Waals surface area contributed by atoms with Crippen LogP contribution in [0.4, 0.5) is 0 Å². The topological polar surface area (TPSA) is 47.7 Å². The van der Waals surface area contributed by atoms with Crippen LogP contribution in [0.1, 0.15) is 31.7 Å². The van der Waals surface area contributed by atoms with Crippen molar-refractivity contribution in [1.82, 2.24) is 4.90 Å². The van der Waals surface area contributed by atoms with Crippen molar-refractivity contribution >= 4 is 0 Å². The molecule has 1 fully saturated rings. The Hall–Kier alpha value is -1.26. The van der Waals surface area contributed by atoms with Crippen LogP contribution in [0.15, 0.2) is 18.2 Å². The van der Waals surface area contributed by atoms with Gasteiger partial charge < -0.3 is 15.2 Å². The van der Waals surface area contributed by atoms with Gasteiger partial charge >= 0.3 is 0 Å². The molecule has 0 radical (unpaired) electrons. The Morgan fingerprint density at radius 1 is 1.24 bits per heavy atom. The second kappa shape index (κ2) is 7.66. The maximum absolute atomic E-state index is 5.94. The molecule has 0 heterocycles. The molecule has 0 bridgehead atoms. The molecule has 1 aliphatic carbocycles. The molecule has 4 nitrogen and oxygen atoms in total. The fraction of sp³-hybridized carbons (Fsp3) is 0.647. The molecule has 1 aromatic rings. The second-order valence-electron chi connectivity index (χ2n) is 5.73. The molecule has 1 aromatic carbocycles. The van der Waals surface area contributed by atoms with E-state index >= 15 is 0 Å². The van der Waals surface area contributed by atoms with Crippen molar-refractivity contribution in [1.29, 1.82) is 0 Å². The van der Waals surface area contributed by atoms with Gasteiger partial charge in [-0.3, -0.25) is 4.90 Å². The van der Waals surface area contributed by atoms with Gasteiger partial charge in [-0.25, -0.2) is 0 Å². The number of ether oxygens (including phenoxy) is 2. The highest BCUT2D eigenvalue weighted by molar-refractivity contribution is 5.40. The van der Waals surface area contributed by atoms with Gasteiger partial charge in [0.1, 0.15) is 11.5 Å². The zero-order chi connectivity index (χ0) is 15.2. The second-order valence-corrected chi connectivity index (χ2v) is 5.73. The highest BCUT2D eigenvalue weighted by Crippen LogP contribution is 2.32. The number of methoxy groups -OCH3 is 2. The van der Waals surface area contributed by atoms with E-state index in [0.29, 0.717) is 12.0 Å². The molecule has 2 unspecified atom stereocenters. The Morgan fingerprint density at radius 2 is 2.05 bits per heavy atom. The maximum atomic E-state index is 5.94. The maximum Gasteiger partial charge on any atom is 0.127 e. The van der Waals surface area contributed by atoms with Crippen molar-refractivity contribution in [3.05, 3.63) is 23.8 Å². The molecule has 4 heteroatoms. The third kappa shape index (κ3) is 3.69. The fourth-order valence-corrected chi connectivity index (χ4v) is 3.44. The van der Waals surface area contributed by atoms with Gasteiger partial charge in [-0.05, 0) is 37.9 Å². The highest BCUT2D eigenvalue weighted by atomic mass is 16.5. The minimum atomic E-state index is 0.604. The summed E-state index contributed by atoms with van der Waals surface area (Å²) in [7, 11) is 3.39. The van der Waals surface area contributed by atoms with Gasteiger partial charge in [0.2, 0.25) is 0 Å². The predicted molar refractivity (Wildman–Crippen MR) is 85.8 cm³/mol. The number of benzene rings is 1. The van der Waals surface area contributed by atoms with E-state index in [2.05, 4.69) is 17.9 Å². The Balaban J connectivity index is 2.14. The quantitative estimate of drug-likeness (QED) is 0.839. The zero-order valence-electron chi connectivity index (χ0n) is 13.5. The molecule has 118 valence electrons. The van der Waals surface area contributed by atoms with Crippen molar-refractivity contribution in [3.8, 4) is 11.5 Å². The molecule has 0 saturated heterocycles. The molecule has 2 N–H and O–H groups in total. The Labute approximate surface area is 128 Å². The molecule has 21 heavy (non-hydrogen) atoms. The largest absolute Gasteiger partial charge is 0.497 e. The third-order valence-corrected chi connectivity index (χ3v) is 4.66. The highest BCUT2D eigenvalue weighted by Gasteiger charge is 2.30. The Bertz CT molecular complexity index is 450. The van der Waals surface area contributed by atoms with Gasteiger partial charge in [-0.15, -0.1) is 0 Å². The van der Waals surface area contributed by atoms with E-state index in [4.69, 9.17) is 15.2 Å². The van der Waals surface area contributed by atoms with Gasteiger partial charge in [0.15, 0.2) is 0 Å². The molecule has 1 aliphatic rings. The van der Waals surface area contributed by atoms with Gasteiger partial charge in [0, 0.05) is 24.2 Å². The first-order chi connectivity index (χ1) is 10.2. The molecule has 0 aliphatic heterocycles. The van der Waals surface area contributed by atoms with E-state index in [-0.39, 0.29) is 0 Å². The minimum absolute atomic E-state index is 0.604. The van der Waals surface area contributed by atoms with Crippen LogP contribution < -0.4 is 15.2 Å². The minimum Gasteiger partial charge on any atom is -0.497 e. The molecule has 0 spiro atoms. The summed E-state index contributed by atoms with van der Waals surface area (Å²) in [4.78, 5) is 2.54. The first-order valence-corrected chi connectivity index (χ1v) is 7.88. The zero-order valence-corrected chi connectivity index (χ0v) is 13.5. The van der Waals surface area contributed by atoms with E-state index in [0.717, 1.165) is 31.1 Å². The standard InChI is InChI=1S/C17H28N2O2/c1-4-19(16-7-5-6-13(16)11-18)12-14-8-9-15(20-2)10-17(14)21-3/h8-10,13,16H,4-7,11-12,18H2,1-3H3. The number of nitrogens with two attached hydrogens (primary N) is 1. The van der Waals surface area contributed by atoms with Crippen LogP contribution in [0, 0.1) is 5.92 Å². The van der Waals surface area contributed by atoms with Gasteiger partial charge in [0.25, 0.3) is 0 Å². The van der Waals surface area contributed by atoms with Crippen LogP contribution in [0.25, 0.3) is 0 Å². The van der Waals surface area contributed by atoms with Gasteiger partial charge in [0.05, 0.1) is 14.2 Å². The van der Waals surface area contributed by atoms with Crippen LogP contribution >= 0.6 is 0 Å². The monoisotopic (exact) mass is 292 g/mol. The summed E-state index contributed by atoms with van der Waals surface area (Å²) in [5.41, 5.74) is 7.15. The Kier molecular flexibility index (Phi) is 5.88. The van der Waals surface area contributed by atoms with Crippen molar-refractivity contribution in [2.24, 2.45) is 11.7 Å². The van der Waals surface area contributed by atoms with E-state index in [1.54, 1.807) is 14.2 Å². The van der Waals surface area contributed by atoms with E-state index in [1.165, 1.54) is 24.8 Å². The summed E-state index contributed by atoms with van der Waals surface area (Å²) < 4.78 is 10.8. The number of nitrogens with zero attached hydrogens (tertiary/aromatic N) is 1. The number of rotatable bonds is 7. The Morgan fingerprint density at radius 3 is 2.67 bits per heavy atom. The summed E-state index contributed by atoms with van der Waals surface area (Å²) in [6.45, 7) is 4.96. The molecule has 2 atom stereocenters. The number of hydrogen-bond donors (Lipinski definition) is 1. The molecular weight excluding hydrogens is 264 g/mol. The van der Waals surface area contributed by atoms with Crippen LogP contribution in [0.3, 0.4) is 0 Å². The van der Waals surface area contributed by atoms with Crippen molar-refractivity contribution in [2.45, 2.75) is 38.8 Å². The summed E-state index contributed by atoms with van der Waals surface area (Å²) in [6.07, 6.45) is 3.81. The van der Waals surface area contributed by atoms with Gasteiger partial charge in [-0.2, -0.15) is 0 Å². The van der Waals surface area contributed by atoms with Crippen molar-refractivity contribution < 1.29 is 9.47 Å². The number of hydrogen-bond acceptors (Lipinski definition) is 4. The molecule has 0 amide bonds. The van der Waals surface area contributed by atoms with Crippen LogP contribution in [0.5, 0.6) is 11.5 Å². The first-order valence-electron chi connectivity index (χ1n) is 7.88. The van der Waals surface area contributed by atoms with Gasteiger partial charge in [-0.1, -0.05) is 19.4 Å². The lowest BCUT2D eigenvalue weighted by atomic mass is 10.0. The fourth-order valence-electron chi connectivity index (χ4n) is 3.44. The lowest BCUT2D eigenvalue weighted by Crippen LogP contribution is -2.39. The third-order valence-electron chi connectivity index (χ3n) is 4.66. The van der Waals surface area contributed by atoms with Crippen LogP contribution in [-0.2, 0) is 6.54 Å². The summed E-state index contributed by atoms with van der Waals surface area (Å²) in [6, 6.07) is 6.66. The van der Waals surface area contributed by atoms with E-state index in [1.807, 2.05) is 12.1 Å². The van der Waals surface area contributed by atoms with Crippen LogP contribution in [0.2, 0.25) is 0 Å². The molecule has 0 aromatic heterocycles. The summed E-state index contributed by atoms with van der Waals surface area (Å²) >= 11 is 0. The molecule has 1 saturated carbocycles. The predicted octanol–water partition coefficient (Wildman–Crippen LogP) is 2.65. The summed E-state index contributed by atoms with van der Waals surface area (Å²) in [5, 5.41) is 0.